The van der Waals surface area contributed by atoms with Gasteiger partial charge in [-0.1, -0.05) is 30.7 Å². The average Bonchev–Trinajstić information content (AvgIpc) is 3.18. The lowest BCUT2D eigenvalue weighted by Crippen LogP contribution is -2.35. The molecule has 1 N–H and O–H groups in total. The number of aryl methyl sites for hydroxylation is 3. The molecular weight excluding hydrogens is 384 g/mol. The summed E-state index contributed by atoms with van der Waals surface area (Å²) in [6.07, 6.45) is 6.55. The van der Waals surface area contributed by atoms with E-state index >= 15 is 0 Å². The summed E-state index contributed by atoms with van der Waals surface area (Å²) >= 11 is 0. The Labute approximate surface area is 173 Å². The summed E-state index contributed by atoms with van der Waals surface area (Å²) in [5.41, 5.74) is 5.15. The SMILES string of the molecule is Cc1ccc(S(=O)(=O)N2CCCCC2)cc1NC(=O)Cc1ccc2c(c1)CCC2. The highest BCUT2D eigenvalue weighted by Crippen LogP contribution is 2.26. The van der Waals surface area contributed by atoms with E-state index < -0.39 is 10.0 Å². The van der Waals surface area contributed by atoms with Gasteiger partial charge >= 0.3 is 0 Å². The molecule has 2 aromatic carbocycles. The quantitative estimate of drug-likeness (QED) is 0.811. The monoisotopic (exact) mass is 412 g/mol. The Morgan fingerprint density at radius 3 is 2.52 bits per heavy atom. The molecule has 5 nitrogen and oxygen atoms in total. The number of hydrogen-bond acceptors (Lipinski definition) is 3. The van der Waals surface area contributed by atoms with E-state index in [9.17, 15) is 13.2 Å². The molecule has 2 aromatic rings. The first kappa shape index (κ1) is 20.1. The zero-order chi connectivity index (χ0) is 20.4. The zero-order valence-electron chi connectivity index (χ0n) is 16.9. The van der Waals surface area contributed by atoms with Gasteiger partial charge in [-0.15, -0.1) is 0 Å². The van der Waals surface area contributed by atoms with Gasteiger partial charge in [-0.05, 0) is 73.4 Å². The minimum absolute atomic E-state index is 0.126. The highest BCUT2D eigenvalue weighted by molar-refractivity contribution is 7.89. The van der Waals surface area contributed by atoms with E-state index in [2.05, 4.69) is 17.4 Å². The van der Waals surface area contributed by atoms with Crippen molar-refractivity contribution >= 4 is 21.6 Å². The Kier molecular flexibility index (Phi) is 5.74. The van der Waals surface area contributed by atoms with Crippen LogP contribution < -0.4 is 5.32 Å². The fourth-order valence-corrected chi connectivity index (χ4v) is 5.81. The van der Waals surface area contributed by atoms with E-state index in [1.807, 2.05) is 13.0 Å². The maximum atomic E-state index is 12.9. The number of hydrogen-bond donors (Lipinski definition) is 1. The molecule has 1 aliphatic carbocycles. The summed E-state index contributed by atoms with van der Waals surface area (Å²) in [6.45, 7) is 3.01. The van der Waals surface area contributed by atoms with E-state index in [4.69, 9.17) is 0 Å². The van der Waals surface area contributed by atoms with Crippen molar-refractivity contribution in [3.63, 3.8) is 0 Å². The van der Waals surface area contributed by atoms with Crippen molar-refractivity contribution in [2.24, 2.45) is 0 Å². The molecule has 0 spiro atoms. The molecule has 4 rings (SSSR count). The molecule has 1 fully saturated rings. The number of sulfonamides is 1. The number of fused-ring (bicyclic) bond motifs is 1. The normalized spacial score (nSPS) is 17.1. The molecule has 154 valence electrons. The smallest absolute Gasteiger partial charge is 0.243 e. The predicted octanol–water partition coefficient (Wildman–Crippen LogP) is 3.84. The Bertz CT molecular complexity index is 1020. The van der Waals surface area contributed by atoms with Gasteiger partial charge < -0.3 is 5.32 Å². The van der Waals surface area contributed by atoms with Crippen molar-refractivity contribution in [2.45, 2.75) is 56.8 Å². The van der Waals surface area contributed by atoms with Crippen LogP contribution in [-0.4, -0.2) is 31.7 Å². The fraction of sp³-hybridized carbons (Fsp3) is 0.435. The van der Waals surface area contributed by atoms with Gasteiger partial charge in [0, 0.05) is 18.8 Å². The van der Waals surface area contributed by atoms with Crippen LogP contribution >= 0.6 is 0 Å². The predicted molar refractivity (Wildman–Crippen MR) is 115 cm³/mol. The summed E-state index contributed by atoms with van der Waals surface area (Å²) < 4.78 is 27.5. The van der Waals surface area contributed by atoms with Crippen LogP contribution in [0.5, 0.6) is 0 Å². The molecule has 0 saturated carbocycles. The molecule has 0 radical (unpaired) electrons. The number of nitrogens with one attached hydrogen (secondary N) is 1. The maximum Gasteiger partial charge on any atom is 0.243 e. The highest BCUT2D eigenvalue weighted by Gasteiger charge is 2.26. The molecule has 1 saturated heterocycles. The minimum atomic E-state index is -3.52. The summed E-state index contributed by atoms with van der Waals surface area (Å²) in [4.78, 5) is 12.9. The number of nitrogens with zero attached hydrogens (tertiary/aromatic N) is 1. The number of rotatable bonds is 5. The van der Waals surface area contributed by atoms with Crippen LogP contribution in [0.2, 0.25) is 0 Å². The van der Waals surface area contributed by atoms with Gasteiger partial charge in [0.2, 0.25) is 15.9 Å². The third-order valence-electron chi connectivity index (χ3n) is 5.96. The molecule has 0 unspecified atom stereocenters. The number of benzene rings is 2. The topological polar surface area (TPSA) is 66.5 Å². The molecule has 29 heavy (non-hydrogen) atoms. The lowest BCUT2D eigenvalue weighted by Gasteiger charge is -2.26. The van der Waals surface area contributed by atoms with Crippen LogP contribution in [0.4, 0.5) is 5.69 Å². The molecule has 0 aromatic heterocycles. The lowest BCUT2D eigenvalue weighted by atomic mass is 10.0. The lowest BCUT2D eigenvalue weighted by molar-refractivity contribution is -0.115. The Morgan fingerprint density at radius 1 is 0.966 bits per heavy atom. The summed E-state index contributed by atoms with van der Waals surface area (Å²) in [5, 5.41) is 2.92. The first-order valence-electron chi connectivity index (χ1n) is 10.4. The van der Waals surface area contributed by atoms with Crippen LogP contribution in [0.25, 0.3) is 0 Å². The number of amides is 1. The third-order valence-corrected chi connectivity index (χ3v) is 7.86. The molecule has 2 aliphatic rings. The molecule has 0 bridgehead atoms. The molecule has 1 amide bonds. The summed E-state index contributed by atoms with van der Waals surface area (Å²) in [6, 6.07) is 11.3. The first-order valence-corrected chi connectivity index (χ1v) is 11.9. The standard InChI is InChI=1S/C23H28N2O3S/c1-17-8-11-21(29(27,28)25-12-3-2-4-13-25)16-22(17)24-23(26)15-18-9-10-19-6-5-7-20(19)14-18/h8-11,14,16H,2-7,12-13,15H2,1H3,(H,24,26). The fourth-order valence-electron chi connectivity index (χ4n) is 4.27. The second kappa shape index (κ2) is 8.28. The van der Waals surface area contributed by atoms with Crippen LogP contribution in [0.1, 0.15) is 47.9 Å². The minimum Gasteiger partial charge on any atom is -0.326 e. The van der Waals surface area contributed by atoms with Gasteiger partial charge in [-0.3, -0.25) is 4.79 Å². The first-order chi connectivity index (χ1) is 13.9. The molecule has 0 atom stereocenters. The van der Waals surface area contributed by atoms with Crippen molar-refractivity contribution in [3.8, 4) is 0 Å². The van der Waals surface area contributed by atoms with Crippen LogP contribution in [0.15, 0.2) is 41.3 Å². The van der Waals surface area contributed by atoms with Crippen LogP contribution in [-0.2, 0) is 34.1 Å². The number of carbonyl (C=O) groups excluding carboxylic acids is 1. The average molecular weight is 413 g/mol. The van der Waals surface area contributed by atoms with Crippen molar-refractivity contribution < 1.29 is 13.2 Å². The van der Waals surface area contributed by atoms with E-state index in [1.54, 1.807) is 22.5 Å². The van der Waals surface area contributed by atoms with Gasteiger partial charge in [0.1, 0.15) is 0 Å². The van der Waals surface area contributed by atoms with Crippen LogP contribution in [0, 0.1) is 6.92 Å². The van der Waals surface area contributed by atoms with Gasteiger partial charge in [-0.25, -0.2) is 8.42 Å². The van der Waals surface area contributed by atoms with Crippen molar-refractivity contribution in [2.75, 3.05) is 18.4 Å². The largest absolute Gasteiger partial charge is 0.326 e. The van der Waals surface area contributed by atoms with E-state index in [1.165, 1.54) is 17.5 Å². The van der Waals surface area contributed by atoms with Gasteiger partial charge in [0.25, 0.3) is 0 Å². The third kappa shape index (κ3) is 4.38. The van der Waals surface area contributed by atoms with Crippen LogP contribution in [0.3, 0.4) is 0 Å². The second-order valence-electron chi connectivity index (χ2n) is 8.12. The van der Waals surface area contributed by atoms with Gasteiger partial charge in [0.15, 0.2) is 0 Å². The second-order valence-corrected chi connectivity index (χ2v) is 10.1. The highest BCUT2D eigenvalue weighted by atomic mass is 32.2. The van der Waals surface area contributed by atoms with Gasteiger partial charge in [-0.2, -0.15) is 4.31 Å². The van der Waals surface area contributed by atoms with Crippen molar-refractivity contribution in [1.29, 1.82) is 0 Å². The zero-order valence-corrected chi connectivity index (χ0v) is 17.7. The van der Waals surface area contributed by atoms with Crippen molar-refractivity contribution in [3.05, 3.63) is 58.7 Å². The van der Waals surface area contributed by atoms with E-state index in [0.717, 1.165) is 43.2 Å². The van der Waals surface area contributed by atoms with Crippen molar-refractivity contribution in [1.82, 2.24) is 4.31 Å². The molecular formula is C23H28N2O3S. The Morgan fingerprint density at radius 2 is 1.72 bits per heavy atom. The molecule has 1 aliphatic heterocycles. The Balaban J connectivity index is 1.49. The molecule has 1 heterocycles. The number of carbonyl (C=O) groups is 1. The number of anilines is 1. The Hall–Kier alpha value is -2.18. The number of piperidine rings is 1. The van der Waals surface area contributed by atoms with Gasteiger partial charge in [0.05, 0.1) is 11.3 Å². The van der Waals surface area contributed by atoms with E-state index in [0.29, 0.717) is 18.8 Å². The van der Waals surface area contributed by atoms with E-state index in [-0.39, 0.29) is 17.2 Å². The summed E-state index contributed by atoms with van der Waals surface area (Å²) in [7, 11) is -3.52. The maximum absolute atomic E-state index is 12.9. The molecule has 6 heteroatoms. The summed E-state index contributed by atoms with van der Waals surface area (Å²) in [5.74, 6) is -0.126.